The van der Waals surface area contributed by atoms with E-state index in [4.69, 9.17) is 11.6 Å². The minimum atomic E-state index is -0.862. The van der Waals surface area contributed by atoms with Crippen LogP contribution in [0.2, 0.25) is 4.34 Å². The fourth-order valence-electron chi connectivity index (χ4n) is 3.18. The van der Waals surface area contributed by atoms with E-state index in [0.717, 1.165) is 20.1 Å². The predicted octanol–water partition coefficient (Wildman–Crippen LogP) is 5.84. The fraction of sp³-hybridized carbons (Fsp3) is 0.150. The molecule has 1 amide bonds. The molecule has 2 heterocycles. The number of rotatable bonds is 1. The molecule has 26 heavy (non-hydrogen) atoms. The quantitative estimate of drug-likeness (QED) is 0.506. The number of carbonyl (C=O) groups is 1. The Morgan fingerprint density at radius 3 is 2.46 bits per heavy atom. The van der Waals surface area contributed by atoms with Gasteiger partial charge in [-0.15, -0.1) is 11.3 Å². The lowest BCUT2D eigenvalue weighted by atomic mass is 9.77. The second kappa shape index (κ2) is 7.43. The van der Waals surface area contributed by atoms with Crippen molar-refractivity contribution in [1.29, 1.82) is 0 Å². The van der Waals surface area contributed by atoms with E-state index >= 15 is 0 Å². The third-order valence-corrected chi connectivity index (χ3v) is 6.06. The Morgan fingerprint density at radius 2 is 1.85 bits per heavy atom. The van der Waals surface area contributed by atoms with Crippen LogP contribution in [-0.2, 0) is 10.2 Å². The van der Waals surface area contributed by atoms with Crippen LogP contribution in [0.1, 0.15) is 18.1 Å². The molecule has 2 aromatic carbocycles. The number of phenols is 1. The number of benzene rings is 2. The van der Waals surface area contributed by atoms with Crippen molar-refractivity contribution in [2.75, 3.05) is 11.9 Å². The summed E-state index contributed by atoms with van der Waals surface area (Å²) in [6, 6.07) is 16.7. The maximum atomic E-state index is 12.7. The molecule has 1 aromatic heterocycles. The van der Waals surface area contributed by atoms with Crippen LogP contribution in [0.5, 0.6) is 5.75 Å². The van der Waals surface area contributed by atoms with Gasteiger partial charge in [0.15, 0.2) is 0 Å². The Hall–Kier alpha value is -1.82. The molecular formula is C20H17BrClNO2S. The Labute approximate surface area is 170 Å². The number of carbonyl (C=O) groups excluding carboxylic acids is 1. The third kappa shape index (κ3) is 3.27. The summed E-state index contributed by atoms with van der Waals surface area (Å²) in [5.74, 6) is 0.0984. The molecule has 0 spiro atoms. The van der Waals surface area contributed by atoms with E-state index in [1.54, 1.807) is 35.4 Å². The predicted molar refractivity (Wildman–Crippen MR) is 111 cm³/mol. The van der Waals surface area contributed by atoms with Crippen molar-refractivity contribution in [3.63, 3.8) is 0 Å². The molecular weight excluding hydrogens is 434 g/mol. The number of thiophene rings is 1. The van der Waals surface area contributed by atoms with Gasteiger partial charge in [-0.05, 0) is 54.3 Å². The van der Waals surface area contributed by atoms with Gasteiger partial charge >= 0.3 is 0 Å². The van der Waals surface area contributed by atoms with E-state index in [1.165, 1.54) is 0 Å². The molecule has 0 bridgehead atoms. The molecule has 0 aliphatic carbocycles. The lowest BCUT2D eigenvalue weighted by molar-refractivity contribution is -0.121. The zero-order chi connectivity index (χ0) is 18.9. The monoisotopic (exact) mass is 449 g/mol. The molecule has 0 fully saturated rings. The Morgan fingerprint density at radius 1 is 1.12 bits per heavy atom. The number of aromatic hydroxyl groups is 1. The highest BCUT2D eigenvalue weighted by Gasteiger charge is 2.48. The van der Waals surface area contributed by atoms with Gasteiger partial charge in [-0.2, -0.15) is 0 Å². The van der Waals surface area contributed by atoms with Crippen LogP contribution in [0, 0.1) is 0 Å². The van der Waals surface area contributed by atoms with Crippen molar-refractivity contribution in [3.8, 4) is 5.75 Å². The molecule has 4 rings (SSSR count). The van der Waals surface area contributed by atoms with Crippen molar-refractivity contribution in [2.45, 2.75) is 12.3 Å². The first-order chi connectivity index (χ1) is 12.4. The van der Waals surface area contributed by atoms with E-state index in [9.17, 15) is 9.90 Å². The Balaban J connectivity index is 0.000000278. The van der Waals surface area contributed by atoms with Gasteiger partial charge in [0.05, 0.1) is 4.34 Å². The SMILES string of the molecule is CN1C(=O)C(C)(c2cc(Br)ccc2O)c2ccccc21.Clc1cccs1. The summed E-state index contributed by atoms with van der Waals surface area (Å²) in [6.45, 7) is 1.86. The first-order valence-corrected chi connectivity index (χ1v) is 9.96. The third-order valence-electron chi connectivity index (χ3n) is 4.52. The van der Waals surface area contributed by atoms with Crippen molar-refractivity contribution >= 4 is 50.5 Å². The Bertz CT molecular complexity index is 945. The van der Waals surface area contributed by atoms with Gasteiger partial charge in [-0.1, -0.05) is 45.7 Å². The molecule has 1 aliphatic heterocycles. The summed E-state index contributed by atoms with van der Waals surface area (Å²) in [5.41, 5.74) is 1.56. The normalized spacial score (nSPS) is 18.3. The van der Waals surface area contributed by atoms with Crippen LogP contribution in [0.25, 0.3) is 0 Å². The van der Waals surface area contributed by atoms with Gasteiger partial charge in [-0.25, -0.2) is 0 Å². The summed E-state index contributed by atoms with van der Waals surface area (Å²) in [7, 11) is 1.77. The van der Waals surface area contributed by atoms with Crippen molar-refractivity contribution in [1.82, 2.24) is 0 Å². The molecule has 1 atom stereocenters. The molecule has 1 aliphatic rings. The highest BCUT2D eigenvalue weighted by molar-refractivity contribution is 9.10. The van der Waals surface area contributed by atoms with Gasteiger partial charge in [0.1, 0.15) is 11.2 Å². The number of nitrogens with zero attached hydrogens (tertiary/aromatic N) is 1. The molecule has 0 saturated heterocycles. The lowest BCUT2D eigenvalue weighted by Gasteiger charge is -2.25. The van der Waals surface area contributed by atoms with E-state index in [1.807, 2.05) is 54.8 Å². The minimum Gasteiger partial charge on any atom is -0.508 e. The molecule has 0 saturated carbocycles. The zero-order valence-electron chi connectivity index (χ0n) is 14.2. The molecule has 3 aromatic rings. The number of anilines is 1. The summed E-state index contributed by atoms with van der Waals surface area (Å²) in [5, 5.41) is 12.1. The van der Waals surface area contributed by atoms with Crippen LogP contribution in [0.3, 0.4) is 0 Å². The van der Waals surface area contributed by atoms with Crippen molar-refractivity contribution < 1.29 is 9.90 Å². The van der Waals surface area contributed by atoms with E-state index in [2.05, 4.69) is 15.9 Å². The van der Waals surface area contributed by atoms with Gasteiger partial charge in [0.2, 0.25) is 5.91 Å². The molecule has 0 radical (unpaired) electrons. The zero-order valence-corrected chi connectivity index (χ0v) is 17.4. The van der Waals surface area contributed by atoms with Crippen LogP contribution < -0.4 is 4.90 Å². The number of hydrogen-bond acceptors (Lipinski definition) is 3. The van der Waals surface area contributed by atoms with Crippen LogP contribution >= 0.6 is 38.9 Å². The molecule has 1 N–H and O–H groups in total. The highest BCUT2D eigenvalue weighted by Crippen LogP contribution is 2.48. The first-order valence-electron chi connectivity index (χ1n) is 7.91. The number of halogens is 2. The standard InChI is InChI=1S/C16H14BrNO2.C4H3ClS/c1-16(12-9-10(17)7-8-14(12)19)11-5-3-4-6-13(11)18(2)15(16)20;5-4-2-1-3-6-4/h3-9,19H,1-2H3;1-3H. The van der Waals surface area contributed by atoms with Crippen LogP contribution in [0.4, 0.5) is 5.69 Å². The van der Waals surface area contributed by atoms with E-state index < -0.39 is 5.41 Å². The lowest BCUT2D eigenvalue weighted by Crippen LogP contribution is -2.37. The van der Waals surface area contributed by atoms with Gasteiger partial charge < -0.3 is 10.0 Å². The second-order valence-corrected chi connectivity index (χ2v) is 8.58. The number of hydrogen-bond donors (Lipinski definition) is 1. The fourth-order valence-corrected chi connectivity index (χ4v) is 4.21. The maximum absolute atomic E-state index is 12.7. The number of amides is 1. The maximum Gasteiger partial charge on any atom is 0.241 e. The average molecular weight is 451 g/mol. The average Bonchev–Trinajstić information content (AvgIpc) is 3.19. The van der Waals surface area contributed by atoms with Gasteiger partial charge in [-0.3, -0.25) is 4.79 Å². The first kappa shape index (κ1) is 19.0. The minimum absolute atomic E-state index is 0.0351. The summed E-state index contributed by atoms with van der Waals surface area (Å²) in [4.78, 5) is 14.4. The second-order valence-electron chi connectivity index (χ2n) is 6.08. The van der Waals surface area contributed by atoms with E-state index in [-0.39, 0.29) is 11.7 Å². The van der Waals surface area contributed by atoms with Crippen molar-refractivity contribution in [2.24, 2.45) is 0 Å². The molecule has 134 valence electrons. The summed E-state index contributed by atoms with van der Waals surface area (Å²) in [6.07, 6.45) is 0. The highest BCUT2D eigenvalue weighted by atomic mass is 79.9. The van der Waals surface area contributed by atoms with Crippen LogP contribution in [-0.4, -0.2) is 18.1 Å². The van der Waals surface area contributed by atoms with E-state index in [0.29, 0.717) is 5.56 Å². The van der Waals surface area contributed by atoms with Gasteiger partial charge in [0.25, 0.3) is 0 Å². The molecule has 3 nitrogen and oxygen atoms in total. The number of likely N-dealkylation sites (N-methyl/N-ethyl adjacent to an activating group) is 1. The largest absolute Gasteiger partial charge is 0.508 e. The number of para-hydroxylation sites is 1. The molecule has 6 heteroatoms. The topological polar surface area (TPSA) is 40.5 Å². The smallest absolute Gasteiger partial charge is 0.241 e. The van der Waals surface area contributed by atoms with Gasteiger partial charge in [0, 0.05) is 22.8 Å². The summed E-state index contributed by atoms with van der Waals surface area (Å²) < 4.78 is 1.70. The Kier molecular flexibility index (Phi) is 5.42. The van der Waals surface area contributed by atoms with Crippen LogP contribution in [0.15, 0.2) is 64.5 Å². The number of fused-ring (bicyclic) bond motifs is 1. The molecule has 1 unspecified atom stereocenters. The summed E-state index contributed by atoms with van der Waals surface area (Å²) >= 11 is 10.4. The number of phenolic OH excluding ortho intramolecular Hbond substituents is 1. The van der Waals surface area contributed by atoms with Crippen molar-refractivity contribution in [3.05, 3.63) is 79.9 Å².